The van der Waals surface area contributed by atoms with Crippen molar-refractivity contribution < 1.29 is 13.2 Å². The quantitative estimate of drug-likeness (QED) is 0.436. The molecule has 1 fully saturated rings. The number of sulfonamides is 1. The zero-order chi connectivity index (χ0) is 24.7. The summed E-state index contributed by atoms with van der Waals surface area (Å²) in [5, 5.41) is 7.87. The van der Waals surface area contributed by atoms with Crippen molar-refractivity contribution >= 4 is 38.4 Å². The predicted molar refractivity (Wildman–Crippen MR) is 133 cm³/mol. The molecule has 1 aliphatic heterocycles. The van der Waals surface area contributed by atoms with Gasteiger partial charge in [-0.15, -0.1) is 0 Å². The Bertz CT molecular complexity index is 1590. The minimum atomic E-state index is -3.73. The first-order chi connectivity index (χ1) is 16.7. The fraction of sp³-hybridized carbons (Fsp3) is 0.208. The van der Waals surface area contributed by atoms with Crippen molar-refractivity contribution in [2.45, 2.75) is 11.9 Å². The van der Waals surface area contributed by atoms with Crippen molar-refractivity contribution in [3.63, 3.8) is 0 Å². The molecular formula is C24H22ClN5O4S. The van der Waals surface area contributed by atoms with Gasteiger partial charge in [-0.3, -0.25) is 9.59 Å². The number of rotatable bonds is 4. The molecule has 9 nitrogen and oxygen atoms in total. The Hall–Kier alpha value is -3.47. The van der Waals surface area contributed by atoms with Crippen molar-refractivity contribution in [1.82, 2.24) is 24.4 Å². The van der Waals surface area contributed by atoms with E-state index in [4.69, 9.17) is 11.6 Å². The van der Waals surface area contributed by atoms with Gasteiger partial charge in [-0.25, -0.2) is 13.5 Å². The lowest BCUT2D eigenvalue weighted by Gasteiger charge is -2.33. The van der Waals surface area contributed by atoms with Crippen LogP contribution in [0.4, 0.5) is 0 Å². The second-order valence-electron chi connectivity index (χ2n) is 8.40. The van der Waals surface area contributed by atoms with Gasteiger partial charge in [0.25, 0.3) is 21.5 Å². The average molecular weight is 512 g/mol. The summed E-state index contributed by atoms with van der Waals surface area (Å²) in [6, 6.07) is 15.2. The molecule has 0 atom stereocenters. The summed E-state index contributed by atoms with van der Waals surface area (Å²) in [4.78, 5) is 29.0. The SMILES string of the molecule is Cc1cc(=O)[nH]nc1-c1ccc(C(=O)N2CCN(S(=O)(=O)c3cc4cc(Cl)ccc4[nH]3)CC2)cc1. The third-order valence-electron chi connectivity index (χ3n) is 6.11. The third-order valence-corrected chi connectivity index (χ3v) is 8.16. The number of amides is 1. The fourth-order valence-electron chi connectivity index (χ4n) is 4.23. The van der Waals surface area contributed by atoms with Gasteiger partial charge >= 0.3 is 0 Å². The molecule has 0 saturated carbocycles. The van der Waals surface area contributed by atoms with Crippen LogP contribution in [-0.2, 0) is 10.0 Å². The molecule has 1 aliphatic rings. The van der Waals surface area contributed by atoms with E-state index >= 15 is 0 Å². The monoisotopic (exact) mass is 511 g/mol. The third kappa shape index (κ3) is 4.47. The summed E-state index contributed by atoms with van der Waals surface area (Å²) in [5.74, 6) is -0.167. The van der Waals surface area contributed by atoms with Crippen LogP contribution in [0.2, 0.25) is 5.02 Å². The summed E-state index contributed by atoms with van der Waals surface area (Å²) in [6.07, 6.45) is 0. The Morgan fingerprint density at radius 1 is 1.00 bits per heavy atom. The lowest BCUT2D eigenvalue weighted by molar-refractivity contribution is 0.0698. The first kappa shape index (κ1) is 23.3. The molecule has 180 valence electrons. The van der Waals surface area contributed by atoms with E-state index in [0.717, 1.165) is 16.5 Å². The molecule has 0 aliphatic carbocycles. The second-order valence-corrected chi connectivity index (χ2v) is 10.7. The number of fused-ring (bicyclic) bond motifs is 1. The van der Waals surface area contributed by atoms with Gasteiger partial charge < -0.3 is 9.88 Å². The minimum Gasteiger partial charge on any atom is -0.345 e. The van der Waals surface area contributed by atoms with E-state index in [2.05, 4.69) is 15.2 Å². The van der Waals surface area contributed by atoms with E-state index in [1.807, 2.05) is 0 Å². The van der Waals surface area contributed by atoms with Crippen LogP contribution >= 0.6 is 11.6 Å². The van der Waals surface area contributed by atoms with Gasteiger partial charge in [-0.2, -0.15) is 9.40 Å². The number of carbonyl (C=O) groups is 1. The lowest BCUT2D eigenvalue weighted by atomic mass is 10.0. The second kappa shape index (κ2) is 8.95. The normalized spacial score (nSPS) is 15.0. The number of nitrogens with zero attached hydrogens (tertiary/aromatic N) is 3. The molecule has 5 rings (SSSR count). The lowest BCUT2D eigenvalue weighted by Crippen LogP contribution is -2.50. The highest BCUT2D eigenvalue weighted by molar-refractivity contribution is 7.89. The molecule has 35 heavy (non-hydrogen) atoms. The molecule has 1 saturated heterocycles. The minimum absolute atomic E-state index is 0.108. The maximum atomic E-state index is 13.1. The van der Waals surface area contributed by atoms with Crippen molar-refractivity contribution in [3.05, 3.63) is 81.1 Å². The van der Waals surface area contributed by atoms with Gasteiger partial charge in [0.1, 0.15) is 5.03 Å². The predicted octanol–water partition coefficient (Wildman–Crippen LogP) is 3.03. The first-order valence-corrected chi connectivity index (χ1v) is 12.8. The summed E-state index contributed by atoms with van der Waals surface area (Å²) in [6.45, 7) is 2.76. The van der Waals surface area contributed by atoms with Crippen LogP contribution in [0.3, 0.4) is 0 Å². The van der Waals surface area contributed by atoms with Gasteiger partial charge in [0, 0.05) is 59.3 Å². The van der Waals surface area contributed by atoms with E-state index in [1.165, 1.54) is 10.4 Å². The molecule has 1 amide bonds. The maximum Gasteiger partial charge on any atom is 0.264 e. The Balaban J connectivity index is 1.27. The molecule has 4 aromatic rings. The van der Waals surface area contributed by atoms with Gasteiger partial charge in [-0.1, -0.05) is 23.7 Å². The largest absolute Gasteiger partial charge is 0.345 e. The summed E-state index contributed by atoms with van der Waals surface area (Å²) < 4.78 is 27.7. The van der Waals surface area contributed by atoms with Crippen molar-refractivity contribution in [2.75, 3.05) is 26.2 Å². The number of aromatic nitrogens is 3. The number of aryl methyl sites for hydroxylation is 1. The molecule has 0 radical (unpaired) electrons. The van der Waals surface area contributed by atoms with Crippen LogP contribution in [0.5, 0.6) is 0 Å². The molecule has 3 heterocycles. The Morgan fingerprint density at radius 3 is 2.40 bits per heavy atom. The van der Waals surface area contributed by atoms with E-state index in [1.54, 1.807) is 60.4 Å². The van der Waals surface area contributed by atoms with Gasteiger partial charge in [-0.05, 0) is 48.9 Å². The number of benzene rings is 2. The van der Waals surface area contributed by atoms with Crippen LogP contribution in [0.15, 0.2) is 64.4 Å². The number of piperazine rings is 1. The Labute approximate surface area is 206 Å². The molecule has 0 bridgehead atoms. The number of nitrogens with one attached hydrogen (secondary N) is 2. The molecule has 11 heteroatoms. The van der Waals surface area contributed by atoms with Crippen molar-refractivity contribution in [2.24, 2.45) is 0 Å². The number of aromatic amines is 2. The van der Waals surface area contributed by atoms with Crippen molar-refractivity contribution in [3.8, 4) is 11.3 Å². The average Bonchev–Trinajstić information content (AvgIpc) is 3.28. The standard InChI is InChI=1S/C24H22ClN5O4S/c1-15-12-21(31)27-28-23(15)16-2-4-17(5-3-16)24(32)29-8-10-30(11-9-29)35(33,34)22-14-18-13-19(25)6-7-20(18)26-22/h2-7,12-14,26H,8-11H2,1H3,(H,27,31). The molecule has 2 aromatic heterocycles. The number of hydrogen-bond acceptors (Lipinski definition) is 5. The topological polar surface area (TPSA) is 119 Å². The Morgan fingerprint density at radius 2 is 1.71 bits per heavy atom. The zero-order valence-corrected chi connectivity index (χ0v) is 20.4. The number of halogens is 1. The summed E-state index contributed by atoms with van der Waals surface area (Å²) >= 11 is 6.01. The van der Waals surface area contributed by atoms with E-state index in [-0.39, 0.29) is 42.7 Å². The van der Waals surface area contributed by atoms with E-state index in [0.29, 0.717) is 21.8 Å². The Kier molecular flexibility index (Phi) is 5.96. The summed E-state index contributed by atoms with van der Waals surface area (Å²) in [7, 11) is -3.73. The molecule has 0 unspecified atom stereocenters. The highest BCUT2D eigenvalue weighted by Crippen LogP contribution is 2.25. The number of H-pyrrole nitrogens is 2. The first-order valence-electron chi connectivity index (χ1n) is 11.0. The summed E-state index contributed by atoms with van der Waals surface area (Å²) in [5.41, 5.74) is 3.08. The van der Waals surface area contributed by atoms with E-state index < -0.39 is 10.0 Å². The van der Waals surface area contributed by atoms with E-state index in [9.17, 15) is 18.0 Å². The van der Waals surface area contributed by atoms with Gasteiger partial charge in [0.2, 0.25) is 0 Å². The van der Waals surface area contributed by atoms with Crippen LogP contribution in [0.1, 0.15) is 15.9 Å². The zero-order valence-electron chi connectivity index (χ0n) is 18.8. The maximum absolute atomic E-state index is 13.1. The van der Waals surface area contributed by atoms with Crippen LogP contribution in [0.25, 0.3) is 22.2 Å². The molecule has 0 spiro atoms. The molecular weight excluding hydrogens is 490 g/mol. The highest BCUT2D eigenvalue weighted by atomic mass is 35.5. The highest BCUT2D eigenvalue weighted by Gasteiger charge is 2.31. The van der Waals surface area contributed by atoms with Crippen LogP contribution in [0, 0.1) is 6.92 Å². The smallest absolute Gasteiger partial charge is 0.264 e. The number of carbonyl (C=O) groups excluding carboxylic acids is 1. The molecule has 2 aromatic carbocycles. The number of hydrogen-bond donors (Lipinski definition) is 2. The molecule has 2 N–H and O–H groups in total. The van der Waals surface area contributed by atoms with Crippen LogP contribution in [-0.4, -0.2) is 64.9 Å². The van der Waals surface area contributed by atoms with Gasteiger partial charge in [0.15, 0.2) is 0 Å². The fourth-order valence-corrected chi connectivity index (χ4v) is 5.85. The van der Waals surface area contributed by atoms with Crippen LogP contribution < -0.4 is 5.56 Å². The van der Waals surface area contributed by atoms with Gasteiger partial charge in [0.05, 0.1) is 5.69 Å². The van der Waals surface area contributed by atoms with Crippen molar-refractivity contribution in [1.29, 1.82) is 0 Å².